The van der Waals surface area contributed by atoms with Crippen LogP contribution in [0, 0.1) is 6.92 Å². The van der Waals surface area contributed by atoms with Gasteiger partial charge in [-0.1, -0.05) is 0 Å². The number of esters is 1. The zero-order chi connectivity index (χ0) is 13.0. The van der Waals surface area contributed by atoms with Crippen LogP contribution in [0.4, 0.5) is 5.69 Å². The van der Waals surface area contributed by atoms with Gasteiger partial charge in [0.1, 0.15) is 18.1 Å². The molecule has 1 aromatic rings. The maximum absolute atomic E-state index is 10.8. The summed E-state index contributed by atoms with van der Waals surface area (Å²) in [6, 6.07) is -0.158. The van der Waals surface area contributed by atoms with Crippen molar-refractivity contribution in [3.63, 3.8) is 0 Å². The molecule has 94 valence electrons. The van der Waals surface area contributed by atoms with Gasteiger partial charge in [-0.3, -0.25) is 4.79 Å². The number of aromatic hydroxyl groups is 1. The lowest BCUT2D eigenvalue weighted by Gasteiger charge is -2.22. The molecular weight excluding hydrogens is 222 g/mol. The Labute approximate surface area is 100 Å². The number of anilines is 1. The Bertz CT molecular complexity index is 389. The van der Waals surface area contributed by atoms with E-state index in [9.17, 15) is 9.90 Å². The van der Waals surface area contributed by atoms with E-state index in [2.05, 4.69) is 15.3 Å². The first-order valence-corrected chi connectivity index (χ1v) is 5.36. The van der Waals surface area contributed by atoms with Gasteiger partial charge in [0.2, 0.25) is 5.88 Å². The molecule has 0 saturated heterocycles. The van der Waals surface area contributed by atoms with Gasteiger partial charge in [-0.05, 0) is 20.8 Å². The maximum Gasteiger partial charge on any atom is 0.302 e. The highest BCUT2D eigenvalue weighted by atomic mass is 16.5. The second-order valence-electron chi connectivity index (χ2n) is 3.91. The minimum absolute atomic E-state index is 0.112. The number of rotatable bonds is 4. The monoisotopic (exact) mass is 239 g/mol. The van der Waals surface area contributed by atoms with Gasteiger partial charge >= 0.3 is 5.97 Å². The second-order valence-corrected chi connectivity index (χ2v) is 3.91. The molecule has 0 spiro atoms. The van der Waals surface area contributed by atoms with Crippen LogP contribution in [0.15, 0.2) is 6.33 Å². The van der Waals surface area contributed by atoms with Crippen molar-refractivity contribution >= 4 is 11.7 Å². The molecule has 0 aliphatic carbocycles. The highest BCUT2D eigenvalue weighted by Gasteiger charge is 2.17. The molecule has 1 aromatic heterocycles. The highest BCUT2D eigenvalue weighted by molar-refractivity contribution is 5.66. The molecule has 17 heavy (non-hydrogen) atoms. The molecule has 6 heteroatoms. The molecule has 6 nitrogen and oxygen atoms in total. The molecular formula is C11H17N3O3. The van der Waals surface area contributed by atoms with E-state index in [0.717, 1.165) is 0 Å². The highest BCUT2D eigenvalue weighted by Crippen LogP contribution is 2.23. The number of nitrogens with zero attached hydrogens (tertiary/aromatic N) is 2. The van der Waals surface area contributed by atoms with Gasteiger partial charge in [-0.2, -0.15) is 0 Å². The van der Waals surface area contributed by atoms with Gasteiger partial charge in [0, 0.05) is 6.92 Å². The summed E-state index contributed by atoms with van der Waals surface area (Å²) in [5, 5.41) is 12.6. The summed E-state index contributed by atoms with van der Waals surface area (Å²) in [6.45, 7) is 6.74. The van der Waals surface area contributed by atoms with Gasteiger partial charge < -0.3 is 15.2 Å². The molecule has 0 fully saturated rings. The lowest BCUT2D eigenvalue weighted by atomic mass is 10.2. The zero-order valence-corrected chi connectivity index (χ0v) is 10.4. The van der Waals surface area contributed by atoms with Gasteiger partial charge in [-0.25, -0.2) is 9.97 Å². The molecule has 0 aliphatic rings. The van der Waals surface area contributed by atoms with Crippen LogP contribution >= 0.6 is 0 Å². The van der Waals surface area contributed by atoms with E-state index in [1.807, 2.05) is 6.92 Å². The summed E-state index contributed by atoms with van der Waals surface area (Å²) in [6.07, 6.45) is 0.974. The Hall–Kier alpha value is -1.85. The van der Waals surface area contributed by atoms with Gasteiger partial charge in [0.15, 0.2) is 0 Å². The van der Waals surface area contributed by atoms with Crippen molar-refractivity contribution in [2.45, 2.75) is 39.8 Å². The minimum atomic E-state index is -0.337. The molecule has 0 saturated carbocycles. The van der Waals surface area contributed by atoms with Crippen molar-refractivity contribution in [2.24, 2.45) is 0 Å². The van der Waals surface area contributed by atoms with Crippen molar-refractivity contribution in [2.75, 3.05) is 5.32 Å². The first-order valence-electron chi connectivity index (χ1n) is 5.36. The van der Waals surface area contributed by atoms with Crippen LogP contribution in [-0.2, 0) is 9.53 Å². The van der Waals surface area contributed by atoms with E-state index in [1.165, 1.54) is 13.3 Å². The number of hydrogen-bond donors (Lipinski definition) is 2. The van der Waals surface area contributed by atoms with Crippen LogP contribution in [0.3, 0.4) is 0 Å². The van der Waals surface area contributed by atoms with Crippen LogP contribution in [0.1, 0.15) is 26.5 Å². The van der Waals surface area contributed by atoms with Crippen LogP contribution < -0.4 is 5.32 Å². The lowest BCUT2D eigenvalue weighted by Crippen LogP contribution is -2.32. The van der Waals surface area contributed by atoms with Gasteiger partial charge in [0.25, 0.3) is 0 Å². The average molecular weight is 239 g/mol. The minimum Gasteiger partial charge on any atom is -0.492 e. The Balaban J connectivity index is 2.74. The first-order chi connectivity index (χ1) is 7.91. The topological polar surface area (TPSA) is 84.3 Å². The van der Waals surface area contributed by atoms with Crippen molar-refractivity contribution in [3.8, 4) is 5.88 Å². The van der Waals surface area contributed by atoms with Crippen LogP contribution in [0.2, 0.25) is 0 Å². The summed E-state index contributed by atoms with van der Waals surface area (Å²) in [4.78, 5) is 18.5. The zero-order valence-electron chi connectivity index (χ0n) is 10.4. The predicted molar refractivity (Wildman–Crippen MR) is 62.7 cm³/mol. The summed E-state index contributed by atoms with van der Waals surface area (Å²) in [5.74, 6) is -0.448. The number of carbonyl (C=O) groups excluding carboxylic acids is 1. The number of aromatic nitrogens is 2. The molecule has 1 unspecified atom stereocenters. The second kappa shape index (κ2) is 5.47. The molecule has 0 amide bonds. The molecule has 0 radical (unpaired) electrons. The van der Waals surface area contributed by atoms with Crippen molar-refractivity contribution in [3.05, 3.63) is 12.0 Å². The van der Waals surface area contributed by atoms with Crippen LogP contribution in [0.5, 0.6) is 5.88 Å². The quantitative estimate of drug-likeness (QED) is 0.769. The molecule has 0 aliphatic heterocycles. The summed E-state index contributed by atoms with van der Waals surface area (Å²) >= 11 is 0. The standard InChI is InChI=1S/C11H17N3O3/c1-6(8(3)17-9(4)15)14-10-7(2)12-5-13-11(10)16/h5-6,8,14H,1-4H3,(H,12,13,16)/t6-,8?/m1/s1. The number of nitrogens with one attached hydrogen (secondary N) is 1. The number of ether oxygens (including phenoxy) is 1. The number of aryl methyl sites for hydroxylation is 1. The normalized spacial score (nSPS) is 13.9. The third-order valence-electron chi connectivity index (χ3n) is 2.44. The number of carbonyl (C=O) groups is 1. The molecule has 1 rings (SSSR count). The van der Waals surface area contributed by atoms with E-state index in [1.54, 1.807) is 13.8 Å². The van der Waals surface area contributed by atoms with Gasteiger partial charge in [0.05, 0.1) is 11.7 Å². The van der Waals surface area contributed by atoms with E-state index in [0.29, 0.717) is 11.4 Å². The van der Waals surface area contributed by atoms with E-state index >= 15 is 0 Å². The predicted octanol–water partition coefficient (Wildman–Crippen LogP) is 1.24. The van der Waals surface area contributed by atoms with Gasteiger partial charge in [-0.15, -0.1) is 0 Å². The van der Waals surface area contributed by atoms with Crippen LogP contribution in [0.25, 0.3) is 0 Å². The summed E-state index contributed by atoms with van der Waals surface area (Å²) in [5.41, 5.74) is 1.10. The smallest absolute Gasteiger partial charge is 0.302 e. The third-order valence-corrected chi connectivity index (χ3v) is 2.44. The fourth-order valence-corrected chi connectivity index (χ4v) is 1.34. The molecule has 2 N–H and O–H groups in total. The largest absolute Gasteiger partial charge is 0.492 e. The average Bonchev–Trinajstić information content (AvgIpc) is 2.22. The number of hydrogen-bond acceptors (Lipinski definition) is 6. The Kier molecular flexibility index (Phi) is 4.25. The Morgan fingerprint density at radius 3 is 2.65 bits per heavy atom. The molecule has 0 bridgehead atoms. The van der Waals surface area contributed by atoms with E-state index in [-0.39, 0.29) is 24.0 Å². The lowest BCUT2D eigenvalue weighted by molar-refractivity contribution is -0.145. The van der Waals surface area contributed by atoms with Crippen molar-refractivity contribution in [1.29, 1.82) is 0 Å². The molecule has 2 atom stereocenters. The molecule has 1 heterocycles. The Morgan fingerprint density at radius 2 is 2.12 bits per heavy atom. The maximum atomic E-state index is 10.8. The van der Waals surface area contributed by atoms with E-state index in [4.69, 9.17) is 4.74 Å². The fraction of sp³-hybridized carbons (Fsp3) is 0.545. The summed E-state index contributed by atoms with van der Waals surface area (Å²) < 4.78 is 5.04. The van der Waals surface area contributed by atoms with Crippen LogP contribution in [-0.4, -0.2) is 33.2 Å². The Morgan fingerprint density at radius 1 is 1.47 bits per heavy atom. The molecule has 0 aromatic carbocycles. The first kappa shape index (κ1) is 13.2. The summed E-state index contributed by atoms with van der Waals surface area (Å²) in [7, 11) is 0. The van der Waals surface area contributed by atoms with Crippen molar-refractivity contribution in [1.82, 2.24) is 9.97 Å². The third kappa shape index (κ3) is 3.58. The SMILES string of the molecule is CC(=O)OC(C)[C@@H](C)Nc1c(C)ncnc1O. The van der Waals surface area contributed by atoms with E-state index < -0.39 is 0 Å². The fourth-order valence-electron chi connectivity index (χ4n) is 1.34. The van der Waals surface area contributed by atoms with Crippen molar-refractivity contribution < 1.29 is 14.6 Å².